The molecule has 6 heteroatoms. The van der Waals surface area contributed by atoms with E-state index in [1.165, 1.54) is 0 Å². The molecular weight excluding hydrogens is 348 g/mol. The Morgan fingerprint density at radius 2 is 2.04 bits per heavy atom. The van der Waals surface area contributed by atoms with Crippen molar-refractivity contribution in [1.29, 1.82) is 0 Å². The van der Waals surface area contributed by atoms with Crippen LogP contribution in [0.1, 0.15) is 47.8 Å². The van der Waals surface area contributed by atoms with Gasteiger partial charge >= 0.3 is 0 Å². The summed E-state index contributed by atoms with van der Waals surface area (Å²) in [6.45, 7) is 6.53. The number of sulfone groups is 1. The van der Waals surface area contributed by atoms with Crippen LogP contribution in [-0.2, 0) is 9.84 Å². The summed E-state index contributed by atoms with van der Waals surface area (Å²) in [5.74, 6) is 0.161. The van der Waals surface area contributed by atoms with Crippen LogP contribution in [-0.4, -0.2) is 48.3 Å². The number of carbonyl (C=O) groups excluding carboxylic acids is 1. The molecule has 1 aromatic heterocycles. The van der Waals surface area contributed by atoms with Gasteiger partial charge in [-0.1, -0.05) is 25.0 Å². The Balaban J connectivity index is 2.04. The molecule has 0 bridgehead atoms. The Labute approximate surface area is 155 Å². The van der Waals surface area contributed by atoms with E-state index in [2.05, 4.69) is 11.9 Å². The fourth-order valence-electron chi connectivity index (χ4n) is 3.60. The highest BCUT2D eigenvalue weighted by molar-refractivity contribution is 7.91. The predicted molar refractivity (Wildman–Crippen MR) is 104 cm³/mol. The van der Waals surface area contributed by atoms with Crippen LogP contribution >= 0.6 is 0 Å². The number of aromatic nitrogens is 1. The molecule has 1 fully saturated rings. The second-order valence-electron chi connectivity index (χ2n) is 7.24. The van der Waals surface area contributed by atoms with Crippen LogP contribution in [0.4, 0.5) is 0 Å². The summed E-state index contributed by atoms with van der Waals surface area (Å²) >= 11 is 0. The first-order chi connectivity index (χ1) is 12.3. The number of fused-ring (bicyclic) bond motifs is 1. The van der Waals surface area contributed by atoms with Gasteiger partial charge < -0.3 is 4.90 Å². The number of hydrogen-bond donors (Lipinski definition) is 0. The molecule has 2 aromatic rings. The quantitative estimate of drug-likeness (QED) is 0.805. The van der Waals surface area contributed by atoms with Crippen molar-refractivity contribution in [3.63, 3.8) is 0 Å². The molecule has 1 saturated heterocycles. The molecule has 140 valence electrons. The number of rotatable bonds is 5. The van der Waals surface area contributed by atoms with Gasteiger partial charge in [0.25, 0.3) is 5.91 Å². The second kappa shape index (κ2) is 7.35. The van der Waals surface area contributed by atoms with E-state index in [0.717, 1.165) is 35.0 Å². The topological polar surface area (TPSA) is 67.3 Å². The number of nitrogens with zero attached hydrogens (tertiary/aromatic N) is 2. The van der Waals surface area contributed by atoms with E-state index in [0.29, 0.717) is 18.5 Å². The summed E-state index contributed by atoms with van der Waals surface area (Å²) in [5.41, 5.74) is 3.28. The zero-order chi connectivity index (χ0) is 18.9. The van der Waals surface area contributed by atoms with Crippen LogP contribution in [0.3, 0.4) is 0 Å². The van der Waals surface area contributed by atoms with Gasteiger partial charge in [0.2, 0.25) is 0 Å². The first-order valence-corrected chi connectivity index (χ1v) is 11.0. The third kappa shape index (κ3) is 3.90. The minimum absolute atomic E-state index is 0.0729. The number of benzene rings is 1. The zero-order valence-corrected chi connectivity index (χ0v) is 16.5. The lowest BCUT2D eigenvalue weighted by Gasteiger charge is -2.29. The van der Waals surface area contributed by atoms with Crippen molar-refractivity contribution in [2.24, 2.45) is 0 Å². The van der Waals surface area contributed by atoms with E-state index < -0.39 is 9.84 Å². The number of pyridine rings is 1. The summed E-state index contributed by atoms with van der Waals surface area (Å²) in [5, 5.41) is 0.836. The van der Waals surface area contributed by atoms with E-state index in [9.17, 15) is 13.2 Å². The van der Waals surface area contributed by atoms with E-state index in [1.54, 1.807) is 4.90 Å². The average molecular weight is 375 g/mol. The summed E-state index contributed by atoms with van der Waals surface area (Å²) in [6, 6.07) is 7.50. The highest BCUT2D eigenvalue weighted by Crippen LogP contribution is 2.25. The molecule has 1 atom stereocenters. The fraction of sp³-hybridized carbons (Fsp3) is 0.500. The van der Waals surface area contributed by atoms with Gasteiger partial charge in [-0.15, -0.1) is 0 Å². The van der Waals surface area contributed by atoms with E-state index in [4.69, 9.17) is 0 Å². The minimum atomic E-state index is -3.04. The highest BCUT2D eigenvalue weighted by Gasteiger charge is 2.35. The lowest BCUT2D eigenvalue weighted by molar-refractivity contribution is 0.0696. The van der Waals surface area contributed by atoms with Crippen LogP contribution in [0.15, 0.2) is 24.3 Å². The zero-order valence-electron chi connectivity index (χ0n) is 15.7. The normalized spacial score (nSPS) is 19.0. The maximum atomic E-state index is 13.4. The van der Waals surface area contributed by atoms with E-state index in [-0.39, 0.29) is 23.5 Å². The predicted octanol–water partition coefficient (Wildman–Crippen LogP) is 3.28. The highest BCUT2D eigenvalue weighted by atomic mass is 32.2. The standard InChI is InChI=1S/C20H26N2O3S/c1-4-5-9-22(16-8-10-26(24,25)13-16)20(23)18-12-15(3)21-19-7-6-14(2)11-17(18)19/h6-7,11-12,16H,4-5,8-10,13H2,1-3H3. The molecule has 26 heavy (non-hydrogen) atoms. The van der Waals surface area contributed by atoms with Gasteiger partial charge in [-0.2, -0.15) is 0 Å². The Kier molecular flexibility index (Phi) is 5.32. The number of amides is 1. The monoisotopic (exact) mass is 374 g/mol. The van der Waals surface area contributed by atoms with E-state index >= 15 is 0 Å². The molecular formula is C20H26N2O3S. The van der Waals surface area contributed by atoms with Gasteiger partial charge in [-0.3, -0.25) is 9.78 Å². The summed E-state index contributed by atoms with van der Waals surface area (Å²) in [7, 11) is -3.04. The molecule has 2 heterocycles. The Hall–Kier alpha value is -1.95. The van der Waals surface area contributed by atoms with Gasteiger partial charge in [0, 0.05) is 23.7 Å². The molecule has 1 aliphatic rings. The van der Waals surface area contributed by atoms with Gasteiger partial charge in [0.05, 0.1) is 22.6 Å². The van der Waals surface area contributed by atoms with Crippen molar-refractivity contribution in [3.05, 3.63) is 41.1 Å². The summed E-state index contributed by atoms with van der Waals surface area (Å²) < 4.78 is 23.9. The second-order valence-corrected chi connectivity index (χ2v) is 9.47. The van der Waals surface area contributed by atoms with Crippen LogP contribution < -0.4 is 0 Å². The van der Waals surface area contributed by atoms with Gasteiger partial charge in [0.1, 0.15) is 0 Å². The van der Waals surface area contributed by atoms with Crippen LogP contribution in [0.2, 0.25) is 0 Å². The smallest absolute Gasteiger partial charge is 0.254 e. The summed E-state index contributed by atoms with van der Waals surface area (Å²) in [4.78, 5) is 19.7. The SMILES string of the molecule is CCCCN(C(=O)c1cc(C)nc2ccc(C)cc12)C1CCS(=O)(=O)C1. The molecule has 1 aromatic carbocycles. The van der Waals surface area contributed by atoms with Crippen molar-refractivity contribution in [2.75, 3.05) is 18.1 Å². The van der Waals surface area contributed by atoms with E-state index in [1.807, 2.05) is 38.1 Å². The van der Waals surface area contributed by atoms with Crippen LogP contribution in [0, 0.1) is 13.8 Å². The van der Waals surface area contributed by atoms with Crippen molar-refractivity contribution in [3.8, 4) is 0 Å². The van der Waals surface area contributed by atoms with Crippen molar-refractivity contribution in [1.82, 2.24) is 9.88 Å². The fourth-order valence-corrected chi connectivity index (χ4v) is 5.33. The third-order valence-electron chi connectivity index (χ3n) is 4.99. The van der Waals surface area contributed by atoms with Gasteiger partial charge in [-0.25, -0.2) is 8.42 Å². The third-order valence-corrected chi connectivity index (χ3v) is 6.74. The van der Waals surface area contributed by atoms with Crippen LogP contribution in [0.5, 0.6) is 0 Å². The lowest BCUT2D eigenvalue weighted by atomic mass is 10.0. The molecule has 1 aliphatic heterocycles. The Morgan fingerprint density at radius 1 is 1.27 bits per heavy atom. The molecule has 0 radical (unpaired) electrons. The molecule has 5 nitrogen and oxygen atoms in total. The molecule has 1 unspecified atom stereocenters. The average Bonchev–Trinajstić information content (AvgIpc) is 2.94. The summed E-state index contributed by atoms with van der Waals surface area (Å²) in [6.07, 6.45) is 2.35. The first kappa shape index (κ1) is 18.8. The molecule has 0 aliphatic carbocycles. The molecule has 0 N–H and O–H groups in total. The minimum Gasteiger partial charge on any atom is -0.335 e. The van der Waals surface area contributed by atoms with Crippen molar-refractivity contribution < 1.29 is 13.2 Å². The van der Waals surface area contributed by atoms with Gasteiger partial charge in [-0.05, 0) is 44.9 Å². The molecule has 1 amide bonds. The Morgan fingerprint density at radius 3 is 2.69 bits per heavy atom. The molecule has 0 saturated carbocycles. The Bertz CT molecular complexity index is 937. The maximum Gasteiger partial charge on any atom is 0.254 e. The van der Waals surface area contributed by atoms with Crippen molar-refractivity contribution in [2.45, 2.75) is 46.1 Å². The van der Waals surface area contributed by atoms with Crippen LogP contribution in [0.25, 0.3) is 10.9 Å². The number of hydrogen-bond acceptors (Lipinski definition) is 4. The first-order valence-electron chi connectivity index (χ1n) is 9.20. The maximum absolute atomic E-state index is 13.4. The molecule has 3 rings (SSSR count). The number of unbranched alkanes of at least 4 members (excludes halogenated alkanes) is 1. The number of aryl methyl sites for hydroxylation is 2. The lowest BCUT2D eigenvalue weighted by Crippen LogP contribution is -2.42. The molecule has 0 spiro atoms. The number of carbonyl (C=O) groups is 1. The van der Waals surface area contributed by atoms with Crippen molar-refractivity contribution >= 4 is 26.6 Å². The largest absolute Gasteiger partial charge is 0.335 e. The van der Waals surface area contributed by atoms with Gasteiger partial charge in [0.15, 0.2) is 9.84 Å².